The molecule has 0 bridgehead atoms. The van der Waals surface area contributed by atoms with E-state index in [0.29, 0.717) is 21.4 Å². The molecule has 20 heavy (non-hydrogen) atoms. The first-order valence-corrected chi connectivity index (χ1v) is 6.64. The van der Waals surface area contributed by atoms with Crippen LogP contribution in [0.4, 0.5) is 5.95 Å². The fraction of sp³-hybridized carbons (Fsp3) is 0.0909. The summed E-state index contributed by atoms with van der Waals surface area (Å²) in [7, 11) is 0. The average Bonchev–Trinajstić information content (AvgIpc) is 2.78. The maximum atomic E-state index is 10.6. The molecule has 0 atom stereocenters. The lowest BCUT2D eigenvalue weighted by Gasteiger charge is -2.09. The van der Waals surface area contributed by atoms with Gasteiger partial charge in [0.2, 0.25) is 5.95 Å². The zero-order valence-corrected chi connectivity index (χ0v) is 11.5. The van der Waals surface area contributed by atoms with Crippen molar-refractivity contribution in [3.05, 3.63) is 28.8 Å². The van der Waals surface area contributed by atoms with Crippen LogP contribution >= 0.6 is 23.4 Å². The summed E-state index contributed by atoms with van der Waals surface area (Å²) in [4.78, 5) is 10.6. The molecule has 1 heterocycles. The lowest BCUT2D eigenvalue weighted by atomic mass is 10.2. The van der Waals surface area contributed by atoms with Crippen LogP contribution in [0.15, 0.2) is 23.4 Å². The zero-order valence-electron chi connectivity index (χ0n) is 9.95. The van der Waals surface area contributed by atoms with Gasteiger partial charge in [0.1, 0.15) is 0 Å². The van der Waals surface area contributed by atoms with Gasteiger partial charge in [-0.1, -0.05) is 23.4 Å². The van der Waals surface area contributed by atoms with Gasteiger partial charge < -0.3 is 10.8 Å². The van der Waals surface area contributed by atoms with E-state index < -0.39 is 5.97 Å². The molecule has 0 amide bonds. The number of halogens is 1. The number of carboxylic acid groups (broad SMARTS) is 1. The molecule has 0 fully saturated rings. The first-order valence-electron chi connectivity index (χ1n) is 5.28. The molecule has 0 spiro atoms. The highest BCUT2D eigenvalue weighted by molar-refractivity contribution is 7.99. The van der Waals surface area contributed by atoms with E-state index in [9.17, 15) is 4.79 Å². The summed E-state index contributed by atoms with van der Waals surface area (Å²) in [5.41, 5.74) is 6.55. The Labute approximate surface area is 123 Å². The van der Waals surface area contributed by atoms with Crippen molar-refractivity contribution in [2.45, 2.75) is 5.16 Å². The van der Waals surface area contributed by atoms with E-state index in [-0.39, 0.29) is 11.7 Å². The molecule has 102 valence electrons. The van der Waals surface area contributed by atoms with Crippen LogP contribution in [0.1, 0.15) is 5.56 Å². The third kappa shape index (κ3) is 2.84. The average molecular weight is 310 g/mol. The molecule has 0 aliphatic carbocycles. The number of carboxylic acids is 1. The Morgan fingerprint density at radius 3 is 2.95 bits per heavy atom. The molecule has 2 rings (SSSR count). The Kier molecular flexibility index (Phi) is 4.12. The summed E-state index contributed by atoms with van der Waals surface area (Å²) in [5.74, 6) is -1.11. The molecule has 0 saturated carbocycles. The Hall–Kier alpha value is -2.24. The third-order valence-electron chi connectivity index (χ3n) is 2.30. The number of nitrogens with zero attached hydrogens (tertiary/aromatic N) is 4. The predicted octanol–water partition coefficient (Wildman–Crippen LogP) is 1.55. The molecule has 3 N–H and O–H groups in total. The van der Waals surface area contributed by atoms with Crippen LogP contribution in [0.5, 0.6) is 0 Å². The number of nitriles is 1. The smallest absolute Gasteiger partial charge is 0.313 e. The van der Waals surface area contributed by atoms with Crippen molar-refractivity contribution in [2.75, 3.05) is 11.5 Å². The van der Waals surface area contributed by atoms with Crippen LogP contribution in [0.2, 0.25) is 5.02 Å². The van der Waals surface area contributed by atoms with Gasteiger partial charge >= 0.3 is 5.97 Å². The van der Waals surface area contributed by atoms with Gasteiger partial charge in [-0.25, -0.2) is 0 Å². The number of thioether (sulfide) groups is 1. The number of hydrogen-bond acceptors (Lipinski definition) is 6. The van der Waals surface area contributed by atoms with Crippen molar-refractivity contribution in [2.24, 2.45) is 0 Å². The van der Waals surface area contributed by atoms with Gasteiger partial charge in [0.25, 0.3) is 0 Å². The van der Waals surface area contributed by atoms with E-state index in [1.165, 1.54) is 10.6 Å². The van der Waals surface area contributed by atoms with Crippen LogP contribution in [-0.4, -0.2) is 31.6 Å². The van der Waals surface area contributed by atoms with Crippen LogP contribution < -0.4 is 5.73 Å². The molecular weight excluding hydrogens is 302 g/mol. The molecule has 1 aromatic heterocycles. The number of rotatable bonds is 4. The van der Waals surface area contributed by atoms with E-state index in [2.05, 4.69) is 10.2 Å². The lowest BCUT2D eigenvalue weighted by Crippen LogP contribution is -2.05. The Morgan fingerprint density at radius 1 is 1.55 bits per heavy atom. The second-order valence-corrected chi connectivity index (χ2v) is 4.99. The highest BCUT2D eigenvalue weighted by Gasteiger charge is 2.16. The molecule has 1 aromatic carbocycles. The molecular formula is C11H8ClN5O2S. The fourth-order valence-electron chi connectivity index (χ4n) is 1.48. The van der Waals surface area contributed by atoms with Gasteiger partial charge in [0.15, 0.2) is 5.16 Å². The summed E-state index contributed by atoms with van der Waals surface area (Å²) < 4.78 is 1.41. The summed E-state index contributed by atoms with van der Waals surface area (Å²) >= 11 is 7.05. The van der Waals surface area contributed by atoms with E-state index >= 15 is 0 Å². The van der Waals surface area contributed by atoms with Gasteiger partial charge in [0.05, 0.1) is 28.1 Å². The largest absolute Gasteiger partial charge is 0.481 e. The number of nitrogen functional groups attached to an aromatic ring is 1. The number of aliphatic carboxylic acids is 1. The van der Waals surface area contributed by atoms with Crippen LogP contribution in [0, 0.1) is 11.3 Å². The third-order valence-corrected chi connectivity index (χ3v) is 3.53. The SMILES string of the molecule is N#Cc1ccc(Cl)c(-n2c(N)nnc2SCC(=O)O)c1. The highest BCUT2D eigenvalue weighted by atomic mass is 35.5. The Balaban J connectivity index is 2.49. The second-order valence-electron chi connectivity index (χ2n) is 3.64. The Bertz CT molecular complexity index is 709. The summed E-state index contributed by atoms with van der Waals surface area (Å²) in [6.07, 6.45) is 0. The molecule has 0 aliphatic heterocycles. The number of benzene rings is 1. The standard InChI is InChI=1S/C11H8ClN5O2S/c12-7-2-1-6(4-13)3-8(7)17-10(14)15-16-11(17)20-5-9(18)19/h1-3H,5H2,(H2,14,15)(H,18,19). The minimum absolute atomic E-state index is 0.0647. The van der Waals surface area contributed by atoms with E-state index in [1.807, 2.05) is 6.07 Å². The molecule has 7 nitrogen and oxygen atoms in total. The van der Waals surface area contributed by atoms with E-state index in [1.54, 1.807) is 12.1 Å². The fourth-order valence-corrected chi connectivity index (χ4v) is 2.36. The minimum Gasteiger partial charge on any atom is -0.481 e. The van der Waals surface area contributed by atoms with Gasteiger partial charge in [-0.2, -0.15) is 5.26 Å². The summed E-state index contributed by atoms with van der Waals surface area (Å²) in [6, 6.07) is 6.65. The maximum Gasteiger partial charge on any atom is 0.313 e. The van der Waals surface area contributed by atoms with Gasteiger partial charge in [-0.3, -0.25) is 9.36 Å². The lowest BCUT2D eigenvalue weighted by molar-refractivity contribution is -0.133. The minimum atomic E-state index is -0.986. The topological polar surface area (TPSA) is 118 Å². The van der Waals surface area contributed by atoms with Crippen molar-refractivity contribution >= 4 is 35.3 Å². The normalized spacial score (nSPS) is 10.2. The maximum absolute atomic E-state index is 10.6. The molecule has 0 radical (unpaired) electrons. The quantitative estimate of drug-likeness (QED) is 0.822. The monoisotopic (exact) mass is 309 g/mol. The molecule has 0 unspecified atom stereocenters. The first-order chi connectivity index (χ1) is 9.52. The van der Waals surface area contributed by atoms with Crippen molar-refractivity contribution in [1.82, 2.24) is 14.8 Å². The molecule has 0 saturated heterocycles. The van der Waals surface area contributed by atoms with Crippen molar-refractivity contribution in [3.8, 4) is 11.8 Å². The van der Waals surface area contributed by atoms with Crippen LogP contribution in [0.3, 0.4) is 0 Å². The number of nitrogens with two attached hydrogens (primary N) is 1. The molecule has 9 heteroatoms. The van der Waals surface area contributed by atoms with Crippen molar-refractivity contribution in [3.63, 3.8) is 0 Å². The van der Waals surface area contributed by atoms with Gasteiger partial charge in [0, 0.05) is 0 Å². The summed E-state index contributed by atoms with van der Waals surface area (Å²) in [5, 5.41) is 25.8. The number of carbonyl (C=O) groups is 1. The van der Waals surface area contributed by atoms with Gasteiger partial charge in [-0.15, -0.1) is 10.2 Å². The van der Waals surface area contributed by atoms with Crippen molar-refractivity contribution < 1.29 is 9.90 Å². The van der Waals surface area contributed by atoms with E-state index in [0.717, 1.165) is 11.8 Å². The number of hydrogen-bond donors (Lipinski definition) is 2. The predicted molar refractivity (Wildman–Crippen MR) is 73.9 cm³/mol. The van der Waals surface area contributed by atoms with Crippen LogP contribution in [-0.2, 0) is 4.79 Å². The highest BCUT2D eigenvalue weighted by Crippen LogP contribution is 2.28. The number of aromatic nitrogens is 3. The Morgan fingerprint density at radius 2 is 2.30 bits per heavy atom. The molecule has 0 aliphatic rings. The summed E-state index contributed by atoms with van der Waals surface area (Å²) in [6.45, 7) is 0. The number of anilines is 1. The van der Waals surface area contributed by atoms with E-state index in [4.69, 9.17) is 27.7 Å². The zero-order chi connectivity index (χ0) is 14.7. The van der Waals surface area contributed by atoms with Crippen LogP contribution in [0.25, 0.3) is 5.69 Å². The first kappa shape index (κ1) is 14.2. The van der Waals surface area contributed by atoms with Crippen molar-refractivity contribution in [1.29, 1.82) is 5.26 Å². The second kappa shape index (κ2) is 5.81. The van der Waals surface area contributed by atoms with Gasteiger partial charge in [-0.05, 0) is 18.2 Å². The molecule has 2 aromatic rings.